The molecule has 3 nitrogen and oxygen atoms in total. The van der Waals surface area contributed by atoms with Gasteiger partial charge in [-0.1, -0.05) is 13.8 Å². The van der Waals surface area contributed by atoms with E-state index in [2.05, 4.69) is 0 Å². The first-order valence-corrected chi connectivity index (χ1v) is 5.82. The molecule has 1 aromatic heterocycles. The number of rotatable bonds is 1. The van der Waals surface area contributed by atoms with Crippen LogP contribution in [0.5, 0.6) is 0 Å². The molecular weight excluding hydrogens is 221 g/mol. The molecule has 2 N–H and O–H groups in total. The van der Waals surface area contributed by atoms with E-state index in [1.807, 2.05) is 26.0 Å². The van der Waals surface area contributed by atoms with Crippen LogP contribution in [0.3, 0.4) is 0 Å². The molecule has 2 aromatic rings. The van der Waals surface area contributed by atoms with Gasteiger partial charge in [0.1, 0.15) is 0 Å². The Morgan fingerprint density at radius 2 is 1.94 bits per heavy atom. The number of nitrogens with zero attached hydrogens (tertiary/aromatic N) is 1. The van der Waals surface area contributed by atoms with Gasteiger partial charge in [-0.25, -0.2) is 0 Å². The van der Waals surface area contributed by atoms with Crippen LogP contribution in [0.1, 0.15) is 19.4 Å². The lowest BCUT2D eigenvalue weighted by Crippen LogP contribution is -2.26. The summed E-state index contributed by atoms with van der Waals surface area (Å²) < 4.78 is 1.45. The zero-order valence-electron chi connectivity index (χ0n) is 9.14. The first-order chi connectivity index (χ1) is 7.70. The Bertz CT molecular complexity index is 516. The monoisotopic (exact) mass is 233 g/mol. The third-order valence-electron chi connectivity index (χ3n) is 1.92. The number of nitriles is 1. The number of fused-ring (bicyclic) bond motifs is 1. The molecule has 0 aliphatic heterocycles. The molecule has 2 rings (SSSR count). The summed E-state index contributed by atoms with van der Waals surface area (Å²) in [7, 11) is -1.43. The average molecular weight is 233 g/mol. The zero-order chi connectivity index (χ0) is 12.1. The molecule has 0 aliphatic carbocycles. The lowest BCUT2D eigenvalue weighted by molar-refractivity contribution is 0.427. The van der Waals surface area contributed by atoms with Crippen molar-refractivity contribution in [2.45, 2.75) is 13.8 Å². The molecule has 0 fully saturated rings. The van der Waals surface area contributed by atoms with Crippen molar-refractivity contribution in [3.63, 3.8) is 0 Å². The van der Waals surface area contributed by atoms with Crippen LogP contribution in [0, 0.1) is 11.3 Å². The van der Waals surface area contributed by atoms with E-state index in [0.29, 0.717) is 10.3 Å². The molecule has 0 saturated heterocycles. The Labute approximate surface area is 98.7 Å². The Morgan fingerprint density at radius 3 is 2.50 bits per heavy atom. The quantitative estimate of drug-likeness (QED) is 0.733. The van der Waals surface area contributed by atoms with Gasteiger partial charge in [0.05, 0.1) is 11.6 Å². The summed E-state index contributed by atoms with van der Waals surface area (Å²) in [4.78, 5) is 0. The van der Waals surface area contributed by atoms with Crippen molar-refractivity contribution in [1.29, 1.82) is 5.26 Å². The SMILES string of the molecule is CC.N#Cc1ccc2sc(B(O)O)cc2c1. The Kier molecular flexibility index (Phi) is 4.50. The van der Waals surface area contributed by atoms with Gasteiger partial charge in [0.25, 0.3) is 0 Å². The van der Waals surface area contributed by atoms with Crippen molar-refractivity contribution in [1.82, 2.24) is 0 Å². The minimum Gasteiger partial charge on any atom is -0.423 e. The maximum Gasteiger partial charge on any atom is 0.499 e. The van der Waals surface area contributed by atoms with Crippen molar-refractivity contribution in [2.75, 3.05) is 0 Å². The second kappa shape index (κ2) is 5.66. The van der Waals surface area contributed by atoms with Gasteiger partial charge in [0.2, 0.25) is 0 Å². The fourth-order valence-electron chi connectivity index (χ4n) is 1.26. The van der Waals surface area contributed by atoms with Crippen LogP contribution in [0.4, 0.5) is 0 Å². The summed E-state index contributed by atoms with van der Waals surface area (Å²) in [6, 6.07) is 8.98. The van der Waals surface area contributed by atoms with E-state index in [1.165, 1.54) is 11.3 Å². The van der Waals surface area contributed by atoms with Crippen LogP contribution in [0.15, 0.2) is 24.3 Å². The molecular formula is C11H12BNO2S. The van der Waals surface area contributed by atoms with Gasteiger partial charge in [0.15, 0.2) is 0 Å². The van der Waals surface area contributed by atoms with Crippen LogP contribution in [-0.4, -0.2) is 17.2 Å². The van der Waals surface area contributed by atoms with Crippen molar-refractivity contribution in [2.24, 2.45) is 0 Å². The van der Waals surface area contributed by atoms with Crippen molar-refractivity contribution >= 4 is 33.3 Å². The van der Waals surface area contributed by atoms with Crippen molar-refractivity contribution < 1.29 is 10.0 Å². The Morgan fingerprint density at radius 1 is 1.25 bits per heavy atom. The topological polar surface area (TPSA) is 64.2 Å². The van der Waals surface area contributed by atoms with E-state index in [-0.39, 0.29) is 0 Å². The molecule has 0 radical (unpaired) electrons. The number of hydrogen-bond acceptors (Lipinski definition) is 4. The maximum absolute atomic E-state index is 8.95. The van der Waals surface area contributed by atoms with E-state index in [9.17, 15) is 0 Å². The lowest BCUT2D eigenvalue weighted by Gasteiger charge is -1.87. The second-order valence-corrected chi connectivity index (χ2v) is 4.00. The fourth-order valence-corrected chi connectivity index (χ4v) is 2.18. The highest BCUT2D eigenvalue weighted by atomic mass is 32.1. The third-order valence-corrected chi connectivity index (χ3v) is 3.08. The van der Waals surface area contributed by atoms with Crippen molar-refractivity contribution in [3.05, 3.63) is 29.8 Å². The number of benzene rings is 1. The molecule has 0 aliphatic rings. The number of thiophene rings is 1. The Balaban J connectivity index is 0.000000606. The first-order valence-electron chi connectivity index (χ1n) is 5.00. The van der Waals surface area contributed by atoms with E-state index in [4.69, 9.17) is 15.3 Å². The van der Waals surface area contributed by atoms with Crippen LogP contribution in [0.25, 0.3) is 10.1 Å². The van der Waals surface area contributed by atoms with E-state index >= 15 is 0 Å². The highest BCUT2D eigenvalue weighted by Crippen LogP contribution is 2.20. The molecule has 0 saturated carbocycles. The van der Waals surface area contributed by atoms with E-state index < -0.39 is 7.12 Å². The van der Waals surface area contributed by atoms with Crippen LogP contribution >= 0.6 is 11.3 Å². The predicted octanol–water partition coefficient (Wildman–Crippen LogP) is 1.48. The van der Waals surface area contributed by atoms with Crippen molar-refractivity contribution in [3.8, 4) is 6.07 Å². The molecule has 82 valence electrons. The highest BCUT2D eigenvalue weighted by Gasteiger charge is 2.14. The lowest BCUT2D eigenvalue weighted by atomic mass is 9.89. The normalized spacial score (nSPS) is 9.19. The minimum atomic E-state index is -1.43. The second-order valence-electron chi connectivity index (χ2n) is 2.89. The largest absolute Gasteiger partial charge is 0.499 e. The Hall–Kier alpha value is -1.35. The molecule has 0 amide bonds. The molecule has 0 atom stereocenters. The van der Waals surface area contributed by atoms with E-state index in [0.717, 1.165) is 10.1 Å². The standard InChI is InChI=1S/C9H6BNO2S.C2H6/c11-5-6-1-2-8-7(3-6)4-9(14-8)10(12)13;1-2/h1-4,12-13H;1-2H3. The van der Waals surface area contributed by atoms with Gasteiger partial charge in [-0.2, -0.15) is 5.26 Å². The van der Waals surface area contributed by atoms with Gasteiger partial charge in [-0.3, -0.25) is 0 Å². The number of hydrogen-bond donors (Lipinski definition) is 2. The molecule has 16 heavy (non-hydrogen) atoms. The zero-order valence-corrected chi connectivity index (χ0v) is 9.95. The summed E-state index contributed by atoms with van der Waals surface area (Å²) in [6.45, 7) is 4.00. The molecule has 0 bridgehead atoms. The third kappa shape index (κ3) is 2.61. The first kappa shape index (κ1) is 12.7. The average Bonchev–Trinajstić information content (AvgIpc) is 2.74. The molecule has 0 spiro atoms. The van der Waals surface area contributed by atoms with Gasteiger partial charge in [0, 0.05) is 9.48 Å². The fraction of sp³-hybridized carbons (Fsp3) is 0.182. The summed E-state index contributed by atoms with van der Waals surface area (Å²) in [6.07, 6.45) is 0. The maximum atomic E-state index is 8.95. The minimum absolute atomic E-state index is 0.495. The van der Waals surface area contributed by atoms with Gasteiger partial charge < -0.3 is 10.0 Å². The van der Waals surface area contributed by atoms with Gasteiger partial charge in [-0.15, -0.1) is 11.3 Å². The molecule has 1 aromatic carbocycles. The smallest absolute Gasteiger partial charge is 0.423 e. The summed E-state index contributed by atoms with van der Waals surface area (Å²) in [5, 5.41) is 27.4. The van der Waals surface area contributed by atoms with Crippen LogP contribution in [-0.2, 0) is 0 Å². The van der Waals surface area contributed by atoms with Gasteiger partial charge >= 0.3 is 7.12 Å². The summed E-state index contributed by atoms with van der Waals surface area (Å²) in [5.74, 6) is 0. The van der Waals surface area contributed by atoms with Crippen LogP contribution < -0.4 is 4.78 Å². The summed E-state index contributed by atoms with van der Waals surface area (Å²) >= 11 is 1.32. The summed E-state index contributed by atoms with van der Waals surface area (Å²) in [5.41, 5.74) is 0.578. The molecule has 5 heteroatoms. The predicted molar refractivity (Wildman–Crippen MR) is 67.7 cm³/mol. The highest BCUT2D eigenvalue weighted by molar-refractivity contribution is 7.27. The van der Waals surface area contributed by atoms with E-state index in [1.54, 1.807) is 18.2 Å². The van der Waals surface area contributed by atoms with Gasteiger partial charge in [-0.05, 0) is 29.7 Å². The van der Waals surface area contributed by atoms with Crippen LogP contribution in [0.2, 0.25) is 0 Å². The molecule has 0 unspecified atom stereocenters. The molecule has 1 heterocycles.